The summed E-state index contributed by atoms with van der Waals surface area (Å²) < 4.78 is 5.16. The van der Waals surface area contributed by atoms with E-state index >= 15 is 0 Å². The Morgan fingerprint density at radius 2 is 2.05 bits per heavy atom. The van der Waals surface area contributed by atoms with Crippen molar-refractivity contribution in [3.8, 4) is 5.75 Å². The van der Waals surface area contributed by atoms with Crippen LogP contribution in [0.5, 0.6) is 5.75 Å². The van der Waals surface area contributed by atoms with Gasteiger partial charge in [0.05, 0.1) is 18.4 Å². The molecule has 3 rings (SSSR count). The second-order valence-corrected chi connectivity index (χ2v) is 6.26. The molecular formula is C17H22N2O3. The van der Waals surface area contributed by atoms with Crippen LogP contribution in [0.25, 0.3) is 0 Å². The topological polar surface area (TPSA) is 67.4 Å². The Balaban J connectivity index is 1.79. The third kappa shape index (κ3) is 2.67. The molecule has 0 aromatic heterocycles. The standard InChI is InChI=1S/C17H22N2O3/c1-18-16(20)14-9-12(22-2)5-6-15(14)19-17(21)13-8-10-3-4-11(13)7-10/h5-6,9-11,13H,3-4,7-8H2,1-2H3,(H,18,20)(H,19,21)/t10-,11-,13+/m0/s1. The van der Waals surface area contributed by atoms with Crippen LogP contribution in [-0.4, -0.2) is 26.0 Å². The number of carbonyl (C=O) groups is 2. The van der Waals surface area contributed by atoms with Gasteiger partial charge in [0.25, 0.3) is 5.91 Å². The quantitative estimate of drug-likeness (QED) is 0.897. The first kappa shape index (κ1) is 14.9. The zero-order chi connectivity index (χ0) is 15.7. The molecule has 0 unspecified atom stereocenters. The summed E-state index contributed by atoms with van der Waals surface area (Å²) in [6.45, 7) is 0. The van der Waals surface area contributed by atoms with E-state index in [0.29, 0.717) is 22.9 Å². The maximum absolute atomic E-state index is 12.5. The number of hydrogen-bond acceptors (Lipinski definition) is 3. The highest BCUT2D eigenvalue weighted by Crippen LogP contribution is 2.48. The van der Waals surface area contributed by atoms with Gasteiger partial charge >= 0.3 is 0 Å². The Hall–Kier alpha value is -2.04. The molecule has 0 aliphatic heterocycles. The van der Waals surface area contributed by atoms with Crippen LogP contribution in [0.15, 0.2) is 18.2 Å². The number of benzene rings is 1. The zero-order valence-electron chi connectivity index (χ0n) is 13.0. The van der Waals surface area contributed by atoms with Crippen LogP contribution >= 0.6 is 0 Å². The van der Waals surface area contributed by atoms with Gasteiger partial charge in [-0.3, -0.25) is 9.59 Å². The van der Waals surface area contributed by atoms with Gasteiger partial charge in [-0.2, -0.15) is 0 Å². The minimum Gasteiger partial charge on any atom is -0.497 e. The van der Waals surface area contributed by atoms with Gasteiger partial charge in [0, 0.05) is 13.0 Å². The molecule has 2 fully saturated rings. The number of fused-ring (bicyclic) bond motifs is 2. The molecule has 5 nitrogen and oxygen atoms in total. The van der Waals surface area contributed by atoms with Gasteiger partial charge in [-0.25, -0.2) is 0 Å². The first-order valence-electron chi connectivity index (χ1n) is 7.83. The smallest absolute Gasteiger partial charge is 0.253 e. The van der Waals surface area contributed by atoms with Gasteiger partial charge in [-0.05, 0) is 49.3 Å². The number of rotatable bonds is 4. The lowest BCUT2D eigenvalue weighted by atomic mass is 9.88. The Morgan fingerprint density at radius 3 is 2.64 bits per heavy atom. The molecule has 2 saturated carbocycles. The minimum absolute atomic E-state index is 0.0440. The summed E-state index contributed by atoms with van der Waals surface area (Å²) in [4.78, 5) is 24.6. The predicted octanol–water partition coefficient (Wildman–Crippen LogP) is 2.43. The molecule has 0 heterocycles. The van der Waals surface area contributed by atoms with Crippen LogP contribution in [0.2, 0.25) is 0 Å². The Bertz CT molecular complexity index is 600. The van der Waals surface area contributed by atoms with Gasteiger partial charge < -0.3 is 15.4 Å². The molecule has 2 aliphatic carbocycles. The molecule has 1 aromatic carbocycles. The van der Waals surface area contributed by atoms with Gasteiger partial charge in [0.15, 0.2) is 0 Å². The Labute approximate surface area is 130 Å². The van der Waals surface area contributed by atoms with E-state index < -0.39 is 0 Å². The summed E-state index contributed by atoms with van der Waals surface area (Å²) in [5.41, 5.74) is 0.978. The van der Waals surface area contributed by atoms with Gasteiger partial charge in [0.2, 0.25) is 5.91 Å². The van der Waals surface area contributed by atoms with Crippen molar-refractivity contribution in [3.05, 3.63) is 23.8 Å². The molecule has 118 valence electrons. The van der Waals surface area contributed by atoms with Crippen molar-refractivity contribution in [2.45, 2.75) is 25.7 Å². The fraction of sp³-hybridized carbons (Fsp3) is 0.529. The Morgan fingerprint density at radius 1 is 1.23 bits per heavy atom. The number of methoxy groups -OCH3 is 1. The van der Waals surface area contributed by atoms with Gasteiger partial charge in [-0.1, -0.05) is 6.42 Å². The van der Waals surface area contributed by atoms with Crippen molar-refractivity contribution in [1.82, 2.24) is 5.32 Å². The zero-order valence-corrected chi connectivity index (χ0v) is 13.0. The van der Waals surface area contributed by atoms with E-state index in [0.717, 1.165) is 18.8 Å². The van der Waals surface area contributed by atoms with Crippen LogP contribution in [0, 0.1) is 17.8 Å². The number of nitrogens with one attached hydrogen (secondary N) is 2. The molecule has 2 amide bonds. The fourth-order valence-corrected chi connectivity index (χ4v) is 3.87. The molecule has 22 heavy (non-hydrogen) atoms. The highest BCUT2D eigenvalue weighted by molar-refractivity contribution is 6.04. The van der Waals surface area contributed by atoms with Crippen molar-refractivity contribution in [3.63, 3.8) is 0 Å². The predicted molar refractivity (Wildman–Crippen MR) is 84.0 cm³/mol. The van der Waals surface area contributed by atoms with Crippen LogP contribution in [0.4, 0.5) is 5.69 Å². The molecule has 1 aromatic rings. The average Bonchev–Trinajstić information content (AvgIpc) is 3.17. The summed E-state index contributed by atoms with van der Waals surface area (Å²) in [5.74, 6) is 1.74. The van der Waals surface area contributed by atoms with Crippen LogP contribution < -0.4 is 15.4 Å². The van der Waals surface area contributed by atoms with Crippen molar-refractivity contribution >= 4 is 17.5 Å². The van der Waals surface area contributed by atoms with Crippen LogP contribution in [-0.2, 0) is 4.79 Å². The summed E-state index contributed by atoms with van der Waals surface area (Å²) in [5, 5.41) is 5.55. The molecule has 0 radical (unpaired) electrons. The summed E-state index contributed by atoms with van der Waals surface area (Å²) in [7, 11) is 3.12. The Kier molecular flexibility index (Phi) is 4.05. The SMILES string of the molecule is CNC(=O)c1cc(OC)ccc1NC(=O)[C@@H]1C[C@H]2CC[C@H]1C2. The molecule has 5 heteroatoms. The van der Waals surface area contributed by atoms with E-state index in [2.05, 4.69) is 10.6 Å². The first-order valence-corrected chi connectivity index (χ1v) is 7.83. The minimum atomic E-state index is -0.234. The maximum atomic E-state index is 12.5. The van der Waals surface area contributed by atoms with Gasteiger partial charge in [0.1, 0.15) is 5.75 Å². The third-order valence-electron chi connectivity index (χ3n) is 5.03. The molecule has 2 N–H and O–H groups in total. The van der Waals surface area contributed by atoms with Crippen molar-refractivity contribution in [1.29, 1.82) is 0 Å². The van der Waals surface area contributed by atoms with E-state index in [4.69, 9.17) is 4.74 Å². The molecule has 3 atom stereocenters. The third-order valence-corrected chi connectivity index (χ3v) is 5.03. The van der Waals surface area contributed by atoms with Crippen molar-refractivity contribution in [2.75, 3.05) is 19.5 Å². The highest BCUT2D eigenvalue weighted by Gasteiger charge is 2.43. The lowest BCUT2D eigenvalue weighted by molar-refractivity contribution is -0.121. The van der Waals surface area contributed by atoms with Crippen molar-refractivity contribution in [2.24, 2.45) is 17.8 Å². The van der Waals surface area contributed by atoms with Crippen LogP contribution in [0.3, 0.4) is 0 Å². The van der Waals surface area contributed by atoms with Crippen LogP contribution in [0.1, 0.15) is 36.0 Å². The number of anilines is 1. The molecule has 0 saturated heterocycles. The largest absolute Gasteiger partial charge is 0.497 e. The van der Waals surface area contributed by atoms with E-state index in [-0.39, 0.29) is 17.7 Å². The second-order valence-electron chi connectivity index (χ2n) is 6.26. The van der Waals surface area contributed by atoms with E-state index in [1.54, 1.807) is 32.4 Å². The molecule has 2 bridgehead atoms. The second kappa shape index (κ2) is 5.99. The van der Waals surface area contributed by atoms with Crippen molar-refractivity contribution < 1.29 is 14.3 Å². The van der Waals surface area contributed by atoms with Gasteiger partial charge in [-0.15, -0.1) is 0 Å². The summed E-state index contributed by atoms with van der Waals surface area (Å²) in [6.07, 6.45) is 4.60. The fourth-order valence-electron chi connectivity index (χ4n) is 3.87. The first-order chi connectivity index (χ1) is 10.6. The average molecular weight is 302 g/mol. The number of hydrogen-bond donors (Lipinski definition) is 2. The number of amides is 2. The molecule has 0 spiro atoms. The highest BCUT2D eigenvalue weighted by atomic mass is 16.5. The lowest BCUT2D eigenvalue weighted by Gasteiger charge is -2.21. The molecule has 2 aliphatic rings. The summed E-state index contributed by atoms with van der Waals surface area (Å²) >= 11 is 0. The van der Waals surface area contributed by atoms with E-state index in [9.17, 15) is 9.59 Å². The van der Waals surface area contributed by atoms with E-state index in [1.165, 1.54) is 12.8 Å². The monoisotopic (exact) mass is 302 g/mol. The number of carbonyl (C=O) groups excluding carboxylic acids is 2. The lowest BCUT2D eigenvalue weighted by Crippen LogP contribution is -2.28. The van der Waals surface area contributed by atoms with E-state index in [1.807, 2.05) is 0 Å². The molecular weight excluding hydrogens is 280 g/mol. The summed E-state index contributed by atoms with van der Waals surface area (Å²) in [6, 6.07) is 5.13. The normalized spacial score (nSPS) is 25.8. The maximum Gasteiger partial charge on any atom is 0.253 e. The number of ether oxygens (including phenoxy) is 1.